The first kappa shape index (κ1) is 15.0. The summed E-state index contributed by atoms with van der Waals surface area (Å²) < 4.78 is 23.3. The van der Waals surface area contributed by atoms with Crippen LogP contribution in [0.15, 0.2) is 51.8 Å². The number of amides is 1. The van der Waals surface area contributed by atoms with E-state index in [1.807, 2.05) is 18.2 Å². The Morgan fingerprint density at radius 1 is 1.09 bits per heavy atom. The summed E-state index contributed by atoms with van der Waals surface area (Å²) in [6.07, 6.45) is 1.71. The van der Waals surface area contributed by atoms with Gasteiger partial charge in [0.1, 0.15) is 0 Å². The van der Waals surface area contributed by atoms with Crippen LogP contribution in [0.25, 0.3) is 11.6 Å². The van der Waals surface area contributed by atoms with Gasteiger partial charge < -0.3 is 5.32 Å². The molecule has 1 heterocycles. The molecule has 2 aromatic carbocycles. The van der Waals surface area contributed by atoms with Crippen molar-refractivity contribution in [1.82, 2.24) is 0 Å². The molecule has 0 radical (unpaired) electrons. The number of halogens is 1. The molecule has 0 unspecified atom stereocenters. The summed E-state index contributed by atoms with van der Waals surface area (Å²) in [4.78, 5) is 12.1. The van der Waals surface area contributed by atoms with Crippen molar-refractivity contribution in [2.75, 3.05) is 5.32 Å². The van der Waals surface area contributed by atoms with Crippen molar-refractivity contribution in [3.05, 3.63) is 58.1 Å². The van der Waals surface area contributed by atoms with Crippen molar-refractivity contribution in [2.45, 2.75) is 4.90 Å². The molecular formula is C15H11BrN2O3S. The molecule has 112 valence electrons. The lowest BCUT2D eigenvalue weighted by atomic mass is 10.0. The Balaban J connectivity index is 2.03. The molecule has 0 aliphatic carbocycles. The van der Waals surface area contributed by atoms with Gasteiger partial charge in [0.15, 0.2) is 0 Å². The van der Waals surface area contributed by atoms with Crippen LogP contribution in [0.4, 0.5) is 5.69 Å². The Bertz CT molecular complexity index is 903. The number of rotatable bonds is 2. The maximum atomic E-state index is 12.1. The molecule has 2 aromatic rings. The summed E-state index contributed by atoms with van der Waals surface area (Å²) in [7, 11) is -3.72. The Kier molecular flexibility index (Phi) is 3.64. The van der Waals surface area contributed by atoms with Gasteiger partial charge in [-0.25, -0.2) is 13.6 Å². The van der Waals surface area contributed by atoms with E-state index in [9.17, 15) is 13.2 Å². The quantitative estimate of drug-likeness (QED) is 0.786. The van der Waals surface area contributed by atoms with Crippen LogP contribution in [0.5, 0.6) is 0 Å². The van der Waals surface area contributed by atoms with Crippen LogP contribution in [0, 0.1) is 0 Å². The van der Waals surface area contributed by atoms with Crippen molar-refractivity contribution in [3.8, 4) is 0 Å². The zero-order valence-corrected chi connectivity index (χ0v) is 13.6. The Morgan fingerprint density at radius 3 is 2.41 bits per heavy atom. The number of anilines is 1. The van der Waals surface area contributed by atoms with Gasteiger partial charge in [-0.3, -0.25) is 4.79 Å². The molecular weight excluding hydrogens is 368 g/mol. The molecule has 3 rings (SSSR count). The van der Waals surface area contributed by atoms with Gasteiger partial charge in [-0.05, 0) is 42.0 Å². The molecule has 22 heavy (non-hydrogen) atoms. The second-order valence-corrected chi connectivity index (χ2v) is 7.29. The van der Waals surface area contributed by atoms with Crippen molar-refractivity contribution in [2.24, 2.45) is 5.14 Å². The Hall–Kier alpha value is -1.96. The van der Waals surface area contributed by atoms with Crippen LogP contribution in [-0.4, -0.2) is 14.3 Å². The van der Waals surface area contributed by atoms with E-state index >= 15 is 0 Å². The molecule has 7 heteroatoms. The Labute approximate surface area is 136 Å². The lowest BCUT2D eigenvalue weighted by Gasteiger charge is -2.01. The third-order valence-electron chi connectivity index (χ3n) is 3.28. The van der Waals surface area contributed by atoms with Crippen LogP contribution in [0.3, 0.4) is 0 Å². The number of benzene rings is 2. The van der Waals surface area contributed by atoms with Crippen LogP contribution in [-0.2, 0) is 14.8 Å². The van der Waals surface area contributed by atoms with Crippen LogP contribution < -0.4 is 10.5 Å². The number of carbonyl (C=O) groups excluding carboxylic acids is 1. The standard InChI is InChI=1S/C15H11BrN2O3S/c16-10-3-6-14-12(8-10)13(15(19)18-14)7-9-1-4-11(5-2-9)22(17,20)21/h1-8H,(H,18,19)(H2,17,20,21)/b13-7+. The number of primary sulfonamides is 1. The van der Waals surface area contributed by atoms with E-state index in [0.717, 1.165) is 15.7 Å². The van der Waals surface area contributed by atoms with Crippen LogP contribution in [0.2, 0.25) is 0 Å². The SMILES string of the molecule is NS(=O)(=O)c1ccc(/C=C2/C(=O)Nc3ccc(Br)cc32)cc1. The second-order valence-electron chi connectivity index (χ2n) is 4.82. The molecule has 0 spiro atoms. The molecule has 5 nitrogen and oxygen atoms in total. The maximum absolute atomic E-state index is 12.1. The van der Waals surface area contributed by atoms with E-state index in [1.54, 1.807) is 18.2 Å². The minimum Gasteiger partial charge on any atom is -0.321 e. The summed E-state index contributed by atoms with van der Waals surface area (Å²) in [5.74, 6) is -0.191. The summed E-state index contributed by atoms with van der Waals surface area (Å²) >= 11 is 3.38. The first-order valence-corrected chi connectivity index (χ1v) is 8.64. The number of hydrogen-bond donors (Lipinski definition) is 2. The van der Waals surface area contributed by atoms with Gasteiger partial charge in [-0.15, -0.1) is 0 Å². The topological polar surface area (TPSA) is 89.3 Å². The molecule has 1 aliphatic heterocycles. The smallest absolute Gasteiger partial charge is 0.256 e. The number of sulfonamides is 1. The average molecular weight is 379 g/mol. The van der Waals surface area contributed by atoms with Gasteiger partial charge >= 0.3 is 0 Å². The third kappa shape index (κ3) is 2.83. The predicted molar refractivity (Wildman–Crippen MR) is 88.5 cm³/mol. The number of fused-ring (bicyclic) bond motifs is 1. The maximum Gasteiger partial charge on any atom is 0.256 e. The molecule has 1 aliphatic rings. The first-order chi connectivity index (χ1) is 10.3. The van der Waals surface area contributed by atoms with E-state index in [2.05, 4.69) is 21.2 Å². The zero-order valence-electron chi connectivity index (χ0n) is 11.2. The fraction of sp³-hybridized carbons (Fsp3) is 0. The summed E-state index contributed by atoms with van der Waals surface area (Å²) in [5.41, 5.74) is 2.79. The van der Waals surface area contributed by atoms with Crippen molar-refractivity contribution >= 4 is 49.2 Å². The third-order valence-corrected chi connectivity index (χ3v) is 4.71. The number of nitrogens with one attached hydrogen (secondary N) is 1. The van der Waals surface area contributed by atoms with E-state index in [-0.39, 0.29) is 10.8 Å². The molecule has 0 fully saturated rings. The van der Waals surface area contributed by atoms with Gasteiger partial charge in [-0.2, -0.15) is 0 Å². The highest BCUT2D eigenvalue weighted by Crippen LogP contribution is 2.35. The van der Waals surface area contributed by atoms with Crippen molar-refractivity contribution in [1.29, 1.82) is 0 Å². The number of nitrogens with two attached hydrogens (primary N) is 1. The number of hydrogen-bond acceptors (Lipinski definition) is 3. The van der Waals surface area contributed by atoms with E-state index in [4.69, 9.17) is 5.14 Å². The average Bonchev–Trinajstić information content (AvgIpc) is 2.75. The lowest BCUT2D eigenvalue weighted by molar-refractivity contribution is -0.110. The molecule has 0 saturated heterocycles. The molecule has 0 saturated carbocycles. The minimum absolute atomic E-state index is 0.0358. The molecule has 1 amide bonds. The highest BCUT2D eigenvalue weighted by atomic mass is 79.9. The van der Waals surface area contributed by atoms with E-state index < -0.39 is 10.0 Å². The van der Waals surface area contributed by atoms with Gasteiger partial charge in [0.05, 0.1) is 4.90 Å². The summed E-state index contributed by atoms with van der Waals surface area (Å²) in [6, 6.07) is 11.6. The first-order valence-electron chi connectivity index (χ1n) is 6.30. The van der Waals surface area contributed by atoms with Crippen molar-refractivity contribution < 1.29 is 13.2 Å². The highest BCUT2D eigenvalue weighted by Gasteiger charge is 2.24. The lowest BCUT2D eigenvalue weighted by Crippen LogP contribution is -2.11. The molecule has 0 atom stereocenters. The minimum atomic E-state index is -3.72. The molecule has 0 bridgehead atoms. The largest absolute Gasteiger partial charge is 0.321 e. The van der Waals surface area contributed by atoms with Gasteiger partial charge in [-0.1, -0.05) is 28.1 Å². The predicted octanol–water partition coefficient (Wildman–Crippen LogP) is 2.59. The fourth-order valence-corrected chi connectivity index (χ4v) is 3.10. The second kappa shape index (κ2) is 5.35. The summed E-state index contributed by atoms with van der Waals surface area (Å²) in [6.45, 7) is 0. The fourth-order valence-electron chi connectivity index (χ4n) is 2.22. The van der Waals surface area contributed by atoms with E-state index in [1.165, 1.54) is 12.1 Å². The van der Waals surface area contributed by atoms with Crippen molar-refractivity contribution in [3.63, 3.8) is 0 Å². The molecule has 0 aromatic heterocycles. The zero-order chi connectivity index (χ0) is 15.9. The molecule has 3 N–H and O–H groups in total. The summed E-state index contributed by atoms with van der Waals surface area (Å²) in [5, 5.41) is 7.85. The number of carbonyl (C=O) groups is 1. The van der Waals surface area contributed by atoms with Crippen LogP contribution in [0.1, 0.15) is 11.1 Å². The van der Waals surface area contributed by atoms with Crippen LogP contribution >= 0.6 is 15.9 Å². The van der Waals surface area contributed by atoms with Gasteiger partial charge in [0.2, 0.25) is 10.0 Å². The van der Waals surface area contributed by atoms with E-state index in [0.29, 0.717) is 11.1 Å². The monoisotopic (exact) mass is 378 g/mol. The normalized spacial score (nSPS) is 15.7. The van der Waals surface area contributed by atoms with Gasteiger partial charge in [0.25, 0.3) is 5.91 Å². The highest BCUT2D eigenvalue weighted by molar-refractivity contribution is 9.10. The van der Waals surface area contributed by atoms with Gasteiger partial charge in [0, 0.05) is 21.3 Å². The Morgan fingerprint density at radius 2 is 1.77 bits per heavy atom.